The minimum atomic E-state index is -4.10. The Balaban J connectivity index is 2.01. The van der Waals surface area contributed by atoms with E-state index in [1.807, 2.05) is 45.0 Å². The van der Waals surface area contributed by atoms with Crippen molar-refractivity contribution in [2.45, 2.75) is 51.2 Å². The molecule has 7 nitrogen and oxygen atoms in total. The molecule has 0 saturated heterocycles. The lowest BCUT2D eigenvalue weighted by molar-refractivity contribution is -0.139. The number of rotatable bonds is 10. The number of hydrogen-bond donors (Lipinski definition) is 1. The van der Waals surface area contributed by atoms with E-state index >= 15 is 0 Å². The van der Waals surface area contributed by atoms with Crippen LogP contribution in [0.1, 0.15) is 31.9 Å². The molecule has 0 aliphatic carbocycles. The smallest absolute Gasteiger partial charge is 0.264 e. The molecule has 0 fully saturated rings. The van der Waals surface area contributed by atoms with Crippen LogP contribution in [0.3, 0.4) is 0 Å². The fourth-order valence-corrected chi connectivity index (χ4v) is 5.41. The summed E-state index contributed by atoms with van der Waals surface area (Å²) < 4.78 is 28.4. The van der Waals surface area contributed by atoms with Crippen LogP contribution >= 0.6 is 11.6 Å². The van der Waals surface area contributed by atoms with Gasteiger partial charge < -0.3 is 10.2 Å². The summed E-state index contributed by atoms with van der Waals surface area (Å²) in [7, 11) is -4.10. The van der Waals surface area contributed by atoms with Crippen molar-refractivity contribution >= 4 is 39.1 Å². The zero-order valence-electron chi connectivity index (χ0n) is 21.4. The summed E-state index contributed by atoms with van der Waals surface area (Å²) in [6.07, 6.45) is 0. The Morgan fingerprint density at radius 2 is 1.57 bits per heavy atom. The summed E-state index contributed by atoms with van der Waals surface area (Å²) >= 11 is 6.04. The van der Waals surface area contributed by atoms with Crippen molar-refractivity contribution in [1.82, 2.24) is 10.2 Å². The van der Waals surface area contributed by atoms with E-state index in [-0.39, 0.29) is 29.1 Å². The molecule has 0 bridgehead atoms. The first-order valence-corrected chi connectivity index (χ1v) is 13.8. The molecule has 3 rings (SSSR count). The lowest BCUT2D eigenvalue weighted by Crippen LogP contribution is -2.52. The normalized spacial score (nSPS) is 12.2. The van der Waals surface area contributed by atoms with E-state index in [2.05, 4.69) is 5.32 Å². The fraction of sp³-hybridized carbons (Fsp3) is 0.286. The van der Waals surface area contributed by atoms with Gasteiger partial charge >= 0.3 is 0 Å². The van der Waals surface area contributed by atoms with Crippen LogP contribution in [0.15, 0.2) is 83.8 Å². The average molecular weight is 542 g/mol. The summed E-state index contributed by atoms with van der Waals surface area (Å²) in [5.41, 5.74) is 2.14. The SMILES string of the molecule is Cc1cccc(CN(C(=O)CN(c2ccc(Cl)cc2)S(=O)(=O)c2ccccc2)C(C)C(=O)NC(C)C)c1. The third-order valence-electron chi connectivity index (χ3n) is 5.76. The van der Waals surface area contributed by atoms with E-state index in [1.54, 1.807) is 49.4 Å². The maximum Gasteiger partial charge on any atom is 0.264 e. The average Bonchev–Trinajstić information content (AvgIpc) is 2.86. The topological polar surface area (TPSA) is 86.8 Å². The van der Waals surface area contributed by atoms with Crippen molar-refractivity contribution in [3.63, 3.8) is 0 Å². The van der Waals surface area contributed by atoms with Crippen LogP contribution in [0.5, 0.6) is 0 Å². The highest BCUT2D eigenvalue weighted by molar-refractivity contribution is 7.92. The third-order valence-corrected chi connectivity index (χ3v) is 7.80. The summed E-state index contributed by atoms with van der Waals surface area (Å²) in [6.45, 7) is 6.91. The number of nitrogens with zero attached hydrogens (tertiary/aromatic N) is 2. The van der Waals surface area contributed by atoms with Crippen molar-refractivity contribution in [3.05, 3.63) is 95.0 Å². The molecule has 0 heterocycles. The number of amides is 2. The zero-order chi connectivity index (χ0) is 27.2. The minimum Gasteiger partial charge on any atom is -0.352 e. The fourth-order valence-electron chi connectivity index (χ4n) is 3.85. The van der Waals surface area contributed by atoms with Gasteiger partial charge in [-0.2, -0.15) is 0 Å². The number of halogens is 1. The Morgan fingerprint density at radius 3 is 2.16 bits per heavy atom. The van der Waals surface area contributed by atoms with Crippen LogP contribution in [-0.2, 0) is 26.2 Å². The van der Waals surface area contributed by atoms with Gasteiger partial charge in [0.05, 0.1) is 10.6 Å². The molecule has 9 heteroatoms. The zero-order valence-corrected chi connectivity index (χ0v) is 23.0. The second kappa shape index (κ2) is 12.3. The number of carbonyl (C=O) groups is 2. The largest absolute Gasteiger partial charge is 0.352 e. The monoisotopic (exact) mass is 541 g/mol. The number of hydrogen-bond acceptors (Lipinski definition) is 4. The highest BCUT2D eigenvalue weighted by atomic mass is 35.5. The Morgan fingerprint density at radius 1 is 0.919 bits per heavy atom. The van der Waals surface area contributed by atoms with Gasteiger partial charge in [-0.1, -0.05) is 59.6 Å². The van der Waals surface area contributed by atoms with E-state index < -0.39 is 28.5 Å². The van der Waals surface area contributed by atoms with Crippen molar-refractivity contribution in [1.29, 1.82) is 0 Å². The van der Waals surface area contributed by atoms with E-state index in [0.29, 0.717) is 5.02 Å². The highest BCUT2D eigenvalue weighted by Gasteiger charge is 2.32. The van der Waals surface area contributed by atoms with E-state index in [4.69, 9.17) is 11.6 Å². The number of carbonyl (C=O) groups excluding carboxylic acids is 2. The van der Waals surface area contributed by atoms with Crippen molar-refractivity contribution < 1.29 is 18.0 Å². The molecule has 0 spiro atoms. The molecule has 1 atom stereocenters. The number of benzene rings is 3. The molecule has 0 radical (unpaired) electrons. The molecule has 3 aromatic carbocycles. The van der Waals surface area contributed by atoms with Gasteiger partial charge in [-0.25, -0.2) is 8.42 Å². The van der Waals surface area contributed by atoms with Crippen molar-refractivity contribution in [3.8, 4) is 0 Å². The van der Waals surface area contributed by atoms with E-state index in [9.17, 15) is 18.0 Å². The maximum absolute atomic E-state index is 13.8. The van der Waals surface area contributed by atoms with Gasteiger partial charge in [-0.05, 0) is 69.7 Å². The summed E-state index contributed by atoms with van der Waals surface area (Å²) in [6, 6.07) is 20.8. The molecular formula is C28H32ClN3O4S. The Bertz CT molecular complexity index is 1330. The number of sulfonamides is 1. The van der Waals surface area contributed by atoms with Crippen LogP contribution in [0.2, 0.25) is 5.02 Å². The Hall–Kier alpha value is -3.36. The minimum absolute atomic E-state index is 0.0496. The number of nitrogens with one attached hydrogen (secondary N) is 1. The first-order valence-electron chi connectivity index (χ1n) is 12.0. The quantitative estimate of drug-likeness (QED) is 0.400. The predicted molar refractivity (Wildman–Crippen MR) is 147 cm³/mol. The van der Waals surface area contributed by atoms with Crippen LogP contribution in [0, 0.1) is 6.92 Å². The van der Waals surface area contributed by atoms with Crippen LogP contribution in [0.4, 0.5) is 5.69 Å². The van der Waals surface area contributed by atoms with Crippen LogP contribution in [-0.4, -0.2) is 43.8 Å². The van der Waals surface area contributed by atoms with Crippen molar-refractivity contribution in [2.75, 3.05) is 10.8 Å². The standard InChI is InChI=1S/C28H32ClN3O4S/c1-20(2)30-28(34)22(4)31(18-23-10-8-9-21(3)17-23)27(33)19-32(25-15-13-24(29)14-16-25)37(35,36)26-11-6-5-7-12-26/h5-17,20,22H,18-19H2,1-4H3,(H,30,34). The first kappa shape index (κ1) is 28.2. The van der Waals surface area contributed by atoms with Crippen molar-refractivity contribution in [2.24, 2.45) is 0 Å². The summed E-state index contributed by atoms with van der Waals surface area (Å²) in [5.74, 6) is -0.831. The predicted octanol–water partition coefficient (Wildman–Crippen LogP) is 4.79. The molecule has 0 aromatic heterocycles. The molecule has 0 saturated carbocycles. The maximum atomic E-state index is 13.8. The lowest BCUT2D eigenvalue weighted by Gasteiger charge is -2.32. The molecule has 0 aliphatic heterocycles. The third kappa shape index (κ3) is 7.33. The lowest BCUT2D eigenvalue weighted by atomic mass is 10.1. The Kier molecular flexibility index (Phi) is 9.34. The van der Waals surface area contributed by atoms with Crippen LogP contribution < -0.4 is 9.62 Å². The van der Waals surface area contributed by atoms with Crippen LogP contribution in [0.25, 0.3) is 0 Å². The number of aryl methyl sites for hydroxylation is 1. The summed E-state index contributed by atoms with van der Waals surface area (Å²) in [5, 5.41) is 3.28. The van der Waals surface area contributed by atoms with E-state index in [0.717, 1.165) is 15.4 Å². The molecule has 3 aromatic rings. The van der Waals surface area contributed by atoms with Gasteiger partial charge in [0.1, 0.15) is 12.6 Å². The molecule has 37 heavy (non-hydrogen) atoms. The number of anilines is 1. The van der Waals surface area contributed by atoms with E-state index in [1.165, 1.54) is 17.0 Å². The molecule has 2 amide bonds. The molecule has 1 N–H and O–H groups in total. The van der Waals surface area contributed by atoms with Gasteiger partial charge in [-0.3, -0.25) is 13.9 Å². The molecular weight excluding hydrogens is 510 g/mol. The molecule has 0 aliphatic rings. The second-order valence-electron chi connectivity index (χ2n) is 9.15. The van der Waals surface area contributed by atoms with Gasteiger partial charge in [0.2, 0.25) is 11.8 Å². The van der Waals surface area contributed by atoms with Gasteiger partial charge in [-0.15, -0.1) is 0 Å². The first-order chi connectivity index (χ1) is 17.5. The van der Waals surface area contributed by atoms with Gasteiger partial charge in [0.15, 0.2) is 0 Å². The summed E-state index contributed by atoms with van der Waals surface area (Å²) in [4.78, 5) is 28.2. The van der Waals surface area contributed by atoms with Gasteiger partial charge in [0, 0.05) is 17.6 Å². The van der Waals surface area contributed by atoms with Gasteiger partial charge in [0.25, 0.3) is 10.0 Å². The molecule has 196 valence electrons. The Labute approximate surface area is 224 Å². The highest BCUT2D eigenvalue weighted by Crippen LogP contribution is 2.26. The molecule has 1 unspecified atom stereocenters. The second-order valence-corrected chi connectivity index (χ2v) is 11.4.